The van der Waals surface area contributed by atoms with Crippen molar-refractivity contribution < 1.29 is 34.7 Å². The van der Waals surface area contributed by atoms with Gasteiger partial charge in [0.1, 0.15) is 18.3 Å². The van der Waals surface area contributed by atoms with Gasteiger partial charge < -0.3 is 14.0 Å². The molecule has 6 heteroatoms. The van der Waals surface area contributed by atoms with E-state index in [0.717, 1.165) is 38.9 Å². The van der Waals surface area contributed by atoms with E-state index in [-0.39, 0.29) is 50.3 Å². The second-order valence-corrected chi connectivity index (χ2v) is 14.5. The molecule has 3 aromatic carbocycles. The van der Waals surface area contributed by atoms with Crippen LogP contribution in [0.25, 0.3) is 27.6 Å². The van der Waals surface area contributed by atoms with Crippen molar-refractivity contribution in [3.05, 3.63) is 94.2 Å². The molecule has 45 heavy (non-hydrogen) atoms. The fraction of sp³-hybridized carbons (Fsp3) is 0.385. The van der Waals surface area contributed by atoms with Crippen LogP contribution in [0, 0.1) is 19.1 Å². The van der Waals surface area contributed by atoms with E-state index >= 15 is 0 Å². The molecular weight excluding hydrogens is 738 g/mol. The third kappa shape index (κ3) is 5.12. The molecule has 0 aliphatic carbocycles. The monoisotopic (exact) mass is 781 g/mol. The quantitative estimate of drug-likeness (QED) is 0.171. The molecule has 7 rings (SSSR count). The number of aliphatic imine (C=N–C) groups is 1. The topological polar surface area (TPSA) is 48.6 Å². The molecule has 0 bridgehead atoms. The first-order valence-electron chi connectivity index (χ1n) is 16.9. The third-order valence-corrected chi connectivity index (χ3v) is 9.08. The van der Waals surface area contributed by atoms with Crippen LogP contribution in [0.1, 0.15) is 106 Å². The smallest absolute Gasteiger partial charge is 0.518 e. The van der Waals surface area contributed by atoms with Crippen LogP contribution in [0.4, 0.5) is 0 Å². The van der Waals surface area contributed by atoms with E-state index in [1.54, 1.807) is 6.92 Å². The number of pyridine rings is 1. The van der Waals surface area contributed by atoms with Gasteiger partial charge in [0.15, 0.2) is 0 Å². The first-order valence-corrected chi connectivity index (χ1v) is 15.4. The number of benzene rings is 3. The van der Waals surface area contributed by atoms with Crippen molar-refractivity contribution in [3.63, 3.8) is 0 Å². The second kappa shape index (κ2) is 10.6. The van der Waals surface area contributed by atoms with Crippen LogP contribution in [-0.2, 0) is 36.6 Å². The summed E-state index contributed by atoms with van der Waals surface area (Å²) in [7, 11) is 0. The molecule has 234 valence electrons. The van der Waals surface area contributed by atoms with Crippen LogP contribution in [0.2, 0.25) is 0 Å². The molecule has 5 nitrogen and oxygen atoms in total. The van der Waals surface area contributed by atoms with Gasteiger partial charge in [0.25, 0.3) is 0 Å². The van der Waals surface area contributed by atoms with Crippen molar-refractivity contribution in [3.8, 4) is 17.3 Å². The predicted octanol–water partition coefficient (Wildman–Crippen LogP) is 9.49. The number of ether oxygens (including phenoxy) is 2. The third-order valence-electron chi connectivity index (χ3n) is 9.08. The Kier molecular flexibility index (Phi) is 6.53. The number of aromatic nitrogens is 2. The zero-order valence-corrected chi connectivity index (χ0v) is 29.6. The van der Waals surface area contributed by atoms with Crippen molar-refractivity contribution in [2.24, 2.45) is 4.99 Å². The Morgan fingerprint density at radius 3 is 2.51 bits per heavy atom. The predicted molar refractivity (Wildman–Crippen MR) is 179 cm³/mol. The van der Waals surface area contributed by atoms with E-state index in [1.807, 2.05) is 31.3 Å². The summed E-state index contributed by atoms with van der Waals surface area (Å²) in [6.07, 6.45) is 1.85. The van der Waals surface area contributed by atoms with Gasteiger partial charge in [-0.05, 0) is 47.7 Å². The second-order valence-electron chi connectivity index (χ2n) is 14.5. The Balaban J connectivity index is 0.00000401. The number of hydrogen-bond donors (Lipinski definition) is 0. The molecule has 0 spiro atoms. The van der Waals surface area contributed by atoms with Crippen LogP contribution >= 0.6 is 0 Å². The van der Waals surface area contributed by atoms with E-state index in [1.165, 1.54) is 16.5 Å². The molecule has 4 heterocycles. The number of nitrogens with zero attached hydrogens (tertiary/aromatic N) is 3. The van der Waals surface area contributed by atoms with E-state index < -0.39 is 12.4 Å². The van der Waals surface area contributed by atoms with Crippen LogP contribution in [0.3, 0.4) is 0 Å². The Morgan fingerprint density at radius 1 is 1.04 bits per heavy atom. The van der Waals surface area contributed by atoms with E-state index in [2.05, 4.69) is 94.4 Å². The van der Waals surface area contributed by atoms with E-state index in [9.17, 15) is 0 Å². The number of hydrogen-bond acceptors (Lipinski definition) is 4. The summed E-state index contributed by atoms with van der Waals surface area (Å²) in [6, 6.07) is 22.0. The fourth-order valence-electron chi connectivity index (χ4n) is 6.45. The summed E-state index contributed by atoms with van der Waals surface area (Å²) in [4.78, 5) is 9.43. The normalized spacial score (nSPS) is 19.8. The first-order chi connectivity index (χ1) is 21.9. The summed E-state index contributed by atoms with van der Waals surface area (Å²) in [5, 5.41) is 2.28. The summed E-state index contributed by atoms with van der Waals surface area (Å²) in [6.45, 7) is 16.9. The molecule has 0 unspecified atom stereocenters. The molecule has 0 saturated heterocycles. The minimum atomic E-state index is -2.29. The molecule has 2 aromatic heterocycles. The maximum atomic E-state index is 7.97. The number of fused-ring (bicyclic) bond motifs is 5. The van der Waals surface area contributed by atoms with Crippen LogP contribution < -0.4 is 4.74 Å². The van der Waals surface area contributed by atoms with Gasteiger partial charge in [-0.3, -0.25) is 4.99 Å². The van der Waals surface area contributed by atoms with Crippen molar-refractivity contribution in [2.45, 2.75) is 91.5 Å². The summed E-state index contributed by atoms with van der Waals surface area (Å²) in [5.74, 6) is 2.42. The Bertz CT molecular complexity index is 2140. The molecule has 0 saturated carbocycles. The van der Waals surface area contributed by atoms with Crippen molar-refractivity contribution >= 4 is 27.7 Å². The SMILES string of the molecule is [2H]C([2H])([2H])[C@]1(C)COC(c2[c-]c(Oc3[c-]c4c(cc3C)c3cc(C(C)(C)C)cc5c3n4-c3ncccc3C5(C)C)cc(C(C)C)c2)=N1.[Pt+2]. The van der Waals surface area contributed by atoms with E-state index in [4.69, 9.17) is 18.6 Å². The summed E-state index contributed by atoms with van der Waals surface area (Å²) < 4.78 is 38.6. The van der Waals surface area contributed by atoms with Gasteiger partial charge in [-0.15, -0.1) is 28.6 Å². The minimum Gasteiger partial charge on any atom is -0.518 e. The Hall–Kier alpha value is -3.43. The molecule has 5 aromatic rings. The average molecular weight is 782 g/mol. The molecule has 2 aliphatic rings. The zero-order chi connectivity index (χ0) is 33.8. The molecule has 2 aliphatic heterocycles. The van der Waals surface area contributed by atoms with Gasteiger partial charge >= 0.3 is 21.1 Å². The maximum absolute atomic E-state index is 7.97. The summed E-state index contributed by atoms with van der Waals surface area (Å²) >= 11 is 0. The largest absolute Gasteiger partial charge is 2.00 e. The Labute approximate surface area is 285 Å². The van der Waals surface area contributed by atoms with Crippen molar-refractivity contribution in [1.29, 1.82) is 0 Å². The van der Waals surface area contributed by atoms with Gasteiger partial charge in [-0.2, -0.15) is 6.07 Å². The van der Waals surface area contributed by atoms with Crippen LogP contribution in [0.5, 0.6) is 11.5 Å². The van der Waals surface area contributed by atoms with Gasteiger partial charge in [0.05, 0.1) is 5.54 Å². The zero-order valence-electron chi connectivity index (χ0n) is 30.4. The molecule has 0 amide bonds. The van der Waals surface area contributed by atoms with E-state index in [0.29, 0.717) is 17.1 Å². The van der Waals surface area contributed by atoms with Gasteiger partial charge in [0.2, 0.25) is 0 Å². The van der Waals surface area contributed by atoms with Crippen molar-refractivity contribution in [1.82, 2.24) is 9.55 Å². The average Bonchev–Trinajstić information content (AvgIpc) is 3.55. The molecule has 0 radical (unpaired) electrons. The maximum Gasteiger partial charge on any atom is 2.00 e. The summed E-state index contributed by atoms with van der Waals surface area (Å²) in [5.41, 5.74) is 6.70. The number of rotatable bonds is 4. The molecule has 1 atom stereocenters. The van der Waals surface area contributed by atoms with Crippen LogP contribution in [-0.4, -0.2) is 27.6 Å². The standard InChI is InChI=1S/C39H41N3O2.Pt/c1-22(2)24-15-25(36-41-38(7,8)21-43-36)17-27(16-24)44-33-20-32-28(14-23(33)3)29-18-26(37(4,5)6)19-31-34(29)42(32)35-30(39(31,9)10)12-11-13-40-35;/h11-16,18-19,22H,21H2,1-10H3;/q-2;+2/i7D3;/t38-;/m0./s1. The van der Waals surface area contributed by atoms with Crippen LogP contribution in [0.15, 0.2) is 53.7 Å². The molecule has 0 N–H and O–H groups in total. The van der Waals surface area contributed by atoms with Gasteiger partial charge in [-0.1, -0.05) is 96.8 Å². The van der Waals surface area contributed by atoms with Crippen molar-refractivity contribution in [2.75, 3.05) is 6.61 Å². The minimum absolute atomic E-state index is 0. The Morgan fingerprint density at radius 2 is 1.82 bits per heavy atom. The van der Waals surface area contributed by atoms with Gasteiger partial charge in [0, 0.05) is 38.3 Å². The van der Waals surface area contributed by atoms with Gasteiger partial charge in [-0.25, -0.2) is 4.98 Å². The fourth-order valence-corrected chi connectivity index (χ4v) is 6.45. The number of aryl methyl sites for hydroxylation is 1. The molecular formula is C39H41N3O2Pt. The first kappa shape index (κ1) is 27.8. The molecule has 0 fully saturated rings.